The fourth-order valence-electron chi connectivity index (χ4n) is 2.09. The molecule has 0 heterocycles. The molecule has 2 aromatic rings. The number of benzene rings is 2. The summed E-state index contributed by atoms with van der Waals surface area (Å²) in [5, 5.41) is 0. The maximum atomic E-state index is 12.1. The van der Waals surface area contributed by atoms with E-state index in [9.17, 15) is 4.79 Å². The minimum atomic E-state index is 0.135. The van der Waals surface area contributed by atoms with Crippen molar-refractivity contribution < 1.29 is 4.79 Å². The van der Waals surface area contributed by atoms with E-state index in [4.69, 9.17) is 0 Å². The van der Waals surface area contributed by atoms with Crippen molar-refractivity contribution in [3.8, 4) is 0 Å². The van der Waals surface area contributed by atoms with Gasteiger partial charge >= 0.3 is 0 Å². The molecule has 0 amide bonds. The molecule has 22 heavy (non-hydrogen) atoms. The fraction of sp³-hybridized carbons (Fsp3) is 0.0952. The normalized spacial score (nSPS) is 12.1. The lowest BCUT2D eigenvalue weighted by Crippen LogP contribution is -1.96. The molecule has 0 N–H and O–H groups in total. The van der Waals surface area contributed by atoms with Crippen molar-refractivity contribution in [1.82, 2.24) is 0 Å². The van der Waals surface area contributed by atoms with Gasteiger partial charge in [-0.15, -0.1) is 0 Å². The van der Waals surface area contributed by atoms with Crippen molar-refractivity contribution in [2.45, 2.75) is 13.3 Å². The van der Waals surface area contributed by atoms with Crippen LogP contribution in [0.15, 0.2) is 90.5 Å². The third kappa shape index (κ3) is 5.02. The first-order valence-electron chi connectivity index (χ1n) is 7.44. The molecule has 2 aromatic carbocycles. The van der Waals surface area contributed by atoms with Gasteiger partial charge in [-0.2, -0.15) is 0 Å². The van der Waals surface area contributed by atoms with Crippen LogP contribution in [0.4, 0.5) is 0 Å². The number of hydrogen-bond acceptors (Lipinski definition) is 1. The van der Waals surface area contributed by atoms with Crippen molar-refractivity contribution in [2.24, 2.45) is 0 Å². The zero-order valence-corrected chi connectivity index (χ0v) is 12.8. The highest BCUT2D eigenvalue weighted by Gasteiger charge is 2.02. The molecule has 0 aromatic heterocycles. The van der Waals surface area contributed by atoms with Gasteiger partial charge in [0, 0.05) is 12.0 Å². The first-order valence-corrected chi connectivity index (χ1v) is 7.44. The first kappa shape index (κ1) is 15.7. The molecule has 1 nitrogen and oxygen atoms in total. The maximum Gasteiger partial charge on any atom is 0.166 e. The molecule has 0 spiro atoms. The summed E-state index contributed by atoms with van der Waals surface area (Å²) < 4.78 is 0. The van der Waals surface area contributed by atoms with Gasteiger partial charge in [-0.25, -0.2) is 0 Å². The van der Waals surface area contributed by atoms with Crippen molar-refractivity contribution in [3.63, 3.8) is 0 Å². The lowest BCUT2D eigenvalue weighted by atomic mass is 10.1. The lowest BCUT2D eigenvalue weighted by molar-refractivity contribution is 0.0995. The van der Waals surface area contributed by atoms with Gasteiger partial charge in [-0.05, 0) is 18.1 Å². The Kier molecular flexibility index (Phi) is 6.13. The van der Waals surface area contributed by atoms with E-state index >= 15 is 0 Å². The molecule has 0 aliphatic carbocycles. The van der Waals surface area contributed by atoms with Gasteiger partial charge < -0.3 is 0 Å². The van der Waals surface area contributed by atoms with Crippen LogP contribution in [0.3, 0.4) is 0 Å². The molecule has 0 atom stereocenters. The first-order chi connectivity index (χ1) is 10.8. The molecule has 2 rings (SSSR count). The predicted octanol–water partition coefficient (Wildman–Crippen LogP) is 5.48. The summed E-state index contributed by atoms with van der Waals surface area (Å²) in [6.45, 7) is 1.98. The van der Waals surface area contributed by atoms with Gasteiger partial charge in [0.25, 0.3) is 0 Å². The van der Waals surface area contributed by atoms with E-state index in [0.717, 1.165) is 16.7 Å². The predicted molar refractivity (Wildman–Crippen MR) is 93.8 cm³/mol. The van der Waals surface area contributed by atoms with Crippen LogP contribution < -0.4 is 0 Å². The van der Waals surface area contributed by atoms with E-state index in [1.54, 1.807) is 0 Å². The number of hydrogen-bond donors (Lipinski definition) is 0. The second-order valence-electron chi connectivity index (χ2n) is 4.94. The quantitative estimate of drug-likeness (QED) is 0.508. The van der Waals surface area contributed by atoms with Crippen LogP contribution in [-0.4, -0.2) is 5.78 Å². The zero-order valence-electron chi connectivity index (χ0n) is 12.8. The summed E-state index contributed by atoms with van der Waals surface area (Å²) in [6.07, 6.45) is 10.5. The monoisotopic (exact) mass is 288 g/mol. The van der Waals surface area contributed by atoms with Crippen LogP contribution in [0.1, 0.15) is 29.3 Å². The summed E-state index contributed by atoms with van der Waals surface area (Å²) >= 11 is 0. The molecule has 0 aliphatic heterocycles. The highest BCUT2D eigenvalue weighted by atomic mass is 16.1. The Bertz CT molecular complexity index is 676. The number of allylic oxidation sites excluding steroid dienone is 5. The molecule has 0 fully saturated rings. The highest BCUT2D eigenvalue weighted by molar-refractivity contribution is 5.97. The van der Waals surface area contributed by atoms with Crippen LogP contribution in [0.5, 0.6) is 0 Å². The third-order valence-electron chi connectivity index (χ3n) is 3.25. The van der Waals surface area contributed by atoms with E-state index in [2.05, 4.69) is 18.2 Å². The third-order valence-corrected chi connectivity index (χ3v) is 3.25. The van der Waals surface area contributed by atoms with E-state index in [1.807, 2.05) is 79.8 Å². The summed E-state index contributed by atoms with van der Waals surface area (Å²) in [4.78, 5) is 12.1. The molecule has 0 radical (unpaired) electrons. The van der Waals surface area contributed by atoms with Crippen molar-refractivity contribution in [1.29, 1.82) is 0 Å². The second-order valence-corrected chi connectivity index (χ2v) is 4.94. The fourth-order valence-corrected chi connectivity index (χ4v) is 2.09. The Morgan fingerprint density at radius 2 is 1.55 bits per heavy atom. The van der Waals surface area contributed by atoms with E-state index in [1.165, 1.54) is 0 Å². The zero-order chi connectivity index (χ0) is 15.6. The molecule has 0 bridgehead atoms. The minimum absolute atomic E-state index is 0.135. The summed E-state index contributed by atoms with van der Waals surface area (Å²) in [5.41, 5.74) is 2.94. The minimum Gasteiger partial charge on any atom is -0.294 e. The molecule has 1 heteroatoms. The topological polar surface area (TPSA) is 17.1 Å². The molecule has 110 valence electrons. The Labute approximate surface area is 132 Å². The Morgan fingerprint density at radius 3 is 2.18 bits per heavy atom. The van der Waals surface area contributed by atoms with Crippen LogP contribution in [0, 0.1) is 0 Å². The Hall–Kier alpha value is -2.67. The van der Waals surface area contributed by atoms with Gasteiger partial charge in [0.1, 0.15) is 0 Å². The van der Waals surface area contributed by atoms with Crippen molar-refractivity contribution in [3.05, 3.63) is 102 Å². The number of Topliss-reactive ketones (excluding diaryl/α,β-unsaturated/α-hetero) is 1. The summed E-state index contributed by atoms with van der Waals surface area (Å²) in [5.74, 6) is 0.135. The standard InChI is InChI=1S/C21H20O/c1-2-9-18(14-15-19-10-5-3-6-11-19)16-17-21(22)20-12-7-4-8-13-20/h2-16H,17H2,1H3. The molecule has 0 saturated heterocycles. The van der Waals surface area contributed by atoms with Crippen LogP contribution in [0.25, 0.3) is 6.08 Å². The molecular weight excluding hydrogens is 268 g/mol. The van der Waals surface area contributed by atoms with Crippen LogP contribution >= 0.6 is 0 Å². The van der Waals surface area contributed by atoms with Crippen molar-refractivity contribution >= 4 is 11.9 Å². The van der Waals surface area contributed by atoms with Crippen LogP contribution in [0.2, 0.25) is 0 Å². The van der Waals surface area contributed by atoms with Gasteiger partial charge in [0.15, 0.2) is 5.78 Å². The SMILES string of the molecule is CC=CC(C=Cc1ccccc1)=CCC(=O)c1ccccc1. The van der Waals surface area contributed by atoms with Gasteiger partial charge in [-0.1, -0.05) is 91.0 Å². The van der Waals surface area contributed by atoms with Gasteiger partial charge in [0.05, 0.1) is 0 Å². The number of carbonyl (C=O) groups excluding carboxylic acids is 1. The van der Waals surface area contributed by atoms with E-state index < -0.39 is 0 Å². The van der Waals surface area contributed by atoms with E-state index in [0.29, 0.717) is 6.42 Å². The smallest absolute Gasteiger partial charge is 0.166 e. The number of rotatable bonds is 6. The van der Waals surface area contributed by atoms with E-state index in [-0.39, 0.29) is 5.78 Å². The second kappa shape index (κ2) is 8.58. The highest BCUT2D eigenvalue weighted by Crippen LogP contribution is 2.10. The Morgan fingerprint density at radius 1 is 0.909 bits per heavy atom. The van der Waals surface area contributed by atoms with Crippen molar-refractivity contribution in [2.75, 3.05) is 0 Å². The average molecular weight is 288 g/mol. The van der Waals surface area contributed by atoms with Gasteiger partial charge in [0.2, 0.25) is 0 Å². The largest absolute Gasteiger partial charge is 0.294 e. The summed E-state index contributed by atoms with van der Waals surface area (Å²) in [6, 6.07) is 19.5. The number of ketones is 1. The molecule has 0 saturated carbocycles. The molecular formula is C21H20O. The lowest BCUT2D eigenvalue weighted by Gasteiger charge is -1.99. The van der Waals surface area contributed by atoms with Gasteiger partial charge in [-0.3, -0.25) is 4.79 Å². The Balaban J connectivity index is 2.07. The van der Waals surface area contributed by atoms with Crippen LogP contribution in [-0.2, 0) is 0 Å². The number of carbonyl (C=O) groups is 1. The summed E-state index contributed by atoms with van der Waals surface area (Å²) in [7, 11) is 0. The average Bonchev–Trinajstić information content (AvgIpc) is 2.59. The maximum absolute atomic E-state index is 12.1. The molecule has 0 aliphatic rings. The molecule has 0 unspecified atom stereocenters.